The lowest BCUT2D eigenvalue weighted by Gasteiger charge is -2.31. The molecule has 0 saturated carbocycles. The van der Waals surface area contributed by atoms with E-state index in [0.29, 0.717) is 17.9 Å². The van der Waals surface area contributed by atoms with Crippen LogP contribution < -0.4 is 0 Å². The minimum absolute atomic E-state index is 0.00474. The SMILES string of the molecule is CCC(CC)N(CC(C)C)S(=O)(=O)c1c(CCl)n[nH]c1C. The molecular formula is C14H26ClN3O2S. The minimum atomic E-state index is -3.59. The molecule has 0 aliphatic carbocycles. The number of alkyl halides is 1. The molecule has 122 valence electrons. The molecule has 0 aliphatic rings. The molecule has 0 atom stereocenters. The Morgan fingerprint density at radius 3 is 2.29 bits per heavy atom. The summed E-state index contributed by atoms with van der Waals surface area (Å²) in [5.74, 6) is 0.337. The Labute approximate surface area is 133 Å². The number of hydrogen-bond acceptors (Lipinski definition) is 3. The normalized spacial score (nSPS) is 12.8. The van der Waals surface area contributed by atoms with Crippen LogP contribution in [-0.4, -0.2) is 35.5 Å². The van der Waals surface area contributed by atoms with E-state index in [2.05, 4.69) is 10.2 Å². The molecule has 0 amide bonds. The van der Waals surface area contributed by atoms with Crippen molar-refractivity contribution in [1.82, 2.24) is 14.5 Å². The summed E-state index contributed by atoms with van der Waals surface area (Å²) in [6.07, 6.45) is 1.57. The fraction of sp³-hybridized carbons (Fsp3) is 0.786. The van der Waals surface area contributed by atoms with Crippen molar-refractivity contribution >= 4 is 21.6 Å². The molecule has 0 saturated heterocycles. The topological polar surface area (TPSA) is 66.1 Å². The maximum atomic E-state index is 13.1. The Bertz CT molecular complexity index is 551. The van der Waals surface area contributed by atoms with Crippen LogP contribution in [0.2, 0.25) is 0 Å². The van der Waals surface area contributed by atoms with Gasteiger partial charge in [-0.1, -0.05) is 27.7 Å². The van der Waals surface area contributed by atoms with E-state index in [0.717, 1.165) is 12.8 Å². The summed E-state index contributed by atoms with van der Waals surface area (Å²) in [6, 6.07) is -0.00474. The van der Waals surface area contributed by atoms with Gasteiger partial charge in [0.2, 0.25) is 10.0 Å². The molecule has 0 aliphatic heterocycles. The molecule has 0 unspecified atom stereocenters. The zero-order valence-electron chi connectivity index (χ0n) is 13.5. The van der Waals surface area contributed by atoms with Crippen LogP contribution in [0.1, 0.15) is 51.9 Å². The van der Waals surface area contributed by atoms with Gasteiger partial charge in [0.15, 0.2) is 0 Å². The quantitative estimate of drug-likeness (QED) is 0.741. The van der Waals surface area contributed by atoms with E-state index in [1.54, 1.807) is 11.2 Å². The molecule has 7 heteroatoms. The van der Waals surface area contributed by atoms with Crippen molar-refractivity contribution < 1.29 is 8.42 Å². The smallest absolute Gasteiger partial charge is 0.247 e. The molecule has 5 nitrogen and oxygen atoms in total. The van der Waals surface area contributed by atoms with Gasteiger partial charge in [-0.3, -0.25) is 5.10 Å². The van der Waals surface area contributed by atoms with Crippen LogP contribution in [-0.2, 0) is 15.9 Å². The second-order valence-corrected chi connectivity index (χ2v) is 7.79. The third-order valence-corrected chi connectivity index (χ3v) is 5.92. The third-order valence-electron chi connectivity index (χ3n) is 3.55. The molecule has 21 heavy (non-hydrogen) atoms. The highest BCUT2D eigenvalue weighted by atomic mass is 35.5. The molecule has 0 bridgehead atoms. The summed E-state index contributed by atoms with van der Waals surface area (Å²) in [4.78, 5) is 0.241. The molecule has 0 radical (unpaired) electrons. The van der Waals surface area contributed by atoms with Gasteiger partial charge in [0.1, 0.15) is 4.90 Å². The lowest BCUT2D eigenvalue weighted by Crippen LogP contribution is -2.42. The van der Waals surface area contributed by atoms with Gasteiger partial charge < -0.3 is 0 Å². The Morgan fingerprint density at radius 1 is 1.29 bits per heavy atom. The molecule has 1 aromatic heterocycles. The summed E-state index contributed by atoms with van der Waals surface area (Å²) in [7, 11) is -3.59. The molecule has 1 aromatic rings. The van der Waals surface area contributed by atoms with E-state index in [1.807, 2.05) is 27.7 Å². The van der Waals surface area contributed by atoms with Crippen molar-refractivity contribution in [1.29, 1.82) is 0 Å². The zero-order valence-corrected chi connectivity index (χ0v) is 15.1. The van der Waals surface area contributed by atoms with Crippen molar-refractivity contribution in [3.63, 3.8) is 0 Å². The second kappa shape index (κ2) is 7.61. The van der Waals surface area contributed by atoms with E-state index in [1.165, 1.54) is 0 Å². The number of nitrogens with zero attached hydrogens (tertiary/aromatic N) is 2. The largest absolute Gasteiger partial charge is 0.281 e. The molecule has 0 aromatic carbocycles. The van der Waals surface area contributed by atoms with Crippen molar-refractivity contribution in [2.45, 2.75) is 64.3 Å². The van der Waals surface area contributed by atoms with E-state index >= 15 is 0 Å². The number of hydrogen-bond donors (Lipinski definition) is 1. The summed E-state index contributed by atoms with van der Waals surface area (Å²) < 4.78 is 27.8. The first-order chi connectivity index (χ1) is 9.79. The number of halogens is 1. The van der Waals surface area contributed by atoms with E-state index in [9.17, 15) is 8.42 Å². The summed E-state index contributed by atoms with van der Waals surface area (Å²) in [6.45, 7) is 10.3. The van der Waals surface area contributed by atoms with Crippen molar-refractivity contribution in [3.05, 3.63) is 11.4 Å². The van der Waals surface area contributed by atoms with Gasteiger partial charge >= 0.3 is 0 Å². The summed E-state index contributed by atoms with van der Waals surface area (Å²) in [5.41, 5.74) is 0.944. The van der Waals surface area contributed by atoms with Crippen molar-refractivity contribution in [3.8, 4) is 0 Å². The van der Waals surface area contributed by atoms with Gasteiger partial charge in [-0.05, 0) is 25.7 Å². The highest BCUT2D eigenvalue weighted by Gasteiger charge is 2.34. The number of aromatic nitrogens is 2. The van der Waals surface area contributed by atoms with Gasteiger partial charge in [0.25, 0.3) is 0 Å². The number of aromatic amines is 1. The lowest BCUT2D eigenvalue weighted by molar-refractivity contribution is 0.276. The Hall–Kier alpha value is -0.590. The van der Waals surface area contributed by atoms with Gasteiger partial charge in [-0.25, -0.2) is 8.42 Å². The molecule has 1 rings (SSSR count). The van der Waals surface area contributed by atoms with Gasteiger partial charge in [0, 0.05) is 12.6 Å². The molecular weight excluding hydrogens is 310 g/mol. The number of rotatable bonds is 8. The molecule has 1 heterocycles. The summed E-state index contributed by atoms with van der Waals surface area (Å²) in [5, 5.41) is 6.75. The monoisotopic (exact) mass is 335 g/mol. The standard InChI is InChI=1S/C14H26ClN3O2S/c1-6-12(7-2)18(9-10(3)4)21(19,20)14-11(5)16-17-13(14)8-15/h10,12H,6-9H2,1-5H3,(H,16,17). The maximum absolute atomic E-state index is 13.1. The van der Waals surface area contributed by atoms with Crippen LogP contribution in [0.5, 0.6) is 0 Å². The second-order valence-electron chi connectivity index (χ2n) is 5.70. The van der Waals surface area contributed by atoms with Crippen molar-refractivity contribution in [2.24, 2.45) is 5.92 Å². The highest BCUT2D eigenvalue weighted by Crippen LogP contribution is 2.27. The average Bonchev–Trinajstić information content (AvgIpc) is 2.80. The van der Waals surface area contributed by atoms with E-state index in [-0.39, 0.29) is 22.7 Å². The predicted molar refractivity (Wildman–Crippen MR) is 86.0 cm³/mol. The minimum Gasteiger partial charge on any atom is -0.281 e. The maximum Gasteiger partial charge on any atom is 0.247 e. The van der Waals surface area contributed by atoms with Crippen molar-refractivity contribution in [2.75, 3.05) is 6.54 Å². The number of aryl methyl sites for hydroxylation is 1. The third kappa shape index (κ3) is 3.99. The number of sulfonamides is 1. The lowest BCUT2D eigenvalue weighted by atomic mass is 10.1. The first kappa shape index (κ1) is 18.5. The Kier molecular flexibility index (Phi) is 6.69. The summed E-state index contributed by atoms with van der Waals surface area (Å²) >= 11 is 5.84. The zero-order chi connectivity index (χ0) is 16.2. The Balaban J connectivity index is 3.36. The van der Waals surface area contributed by atoms with Crippen LogP contribution in [0.15, 0.2) is 4.90 Å². The fourth-order valence-electron chi connectivity index (χ4n) is 2.52. The van der Waals surface area contributed by atoms with Crippen LogP contribution in [0.3, 0.4) is 0 Å². The fourth-order valence-corrected chi connectivity index (χ4v) is 5.06. The average molecular weight is 336 g/mol. The molecule has 0 fully saturated rings. The van der Waals surface area contributed by atoms with Crippen LogP contribution in [0.25, 0.3) is 0 Å². The van der Waals surface area contributed by atoms with Crippen LogP contribution in [0.4, 0.5) is 0 Å². The van der Waals surface area contributed by atoms with Gasteiger partial charge in [0.05, 0.1) is 17.3 Å². The highest BCUT2D eigenvalue weighted by molar-refractivity contribution is 7.89. The Morgan fingerprint density at radius 2 is 1.86 bits per heavy atom. The van der Waals surface area contributed by atoms with E-state index < -0.39 is 10.0 Å². The van der Waals surface area contributed by atoms with E-state index in [4.69, 9.17) is 11.6 Å². The van der Waals surface area contributed by atoms with Gasteiger partial charge in [-0.2, -0.15) is 9.40 Å². The molecule has 1 N–H and O–H groups in total. The predicted octanol–water partition coefficient (Wildman–Crippen LogP) is 3.29. The number of nitrogens with one attached hydrogen (secondary N) is 1. The first-order valence-corrected chi connectivity index (χ1v) is 9.38. The number of H-pyrrole nitrogens is 1. The van der Waals surface area contributed by atoms with Crippen LogP contribution in [0, 0.1) is 12.8 Å². The molecule has 0 spiro atoms. The van der Waals surface area contributed by atoms with Crippen LogP contribution >= 0.6 is 11.6 Å². The first-order valence-electron chi connectivity index (χ1n) is 7.41. The van der Waals surface area contributed by atoms with Gasteiger partial charge in [-0.15, -0.1) is 11.6 Å².